The molecule has 0 unspecified atom stereocenters. The third-order valence-electron chi connectivity index (χ3n) is 3.06. The highest BCUT2D eigenvalue weighted by atomic mass is 14.9. The molecule has 92 valence electrons. The van der Waals surface area contributed by atoms with E-state index in [-0.39, 0.29) is 0 Å². The van der Waals surface area contributed by atoms with Crippen LogP contribution in [0, 0.1) is 6.92 Å². The molecule has 0 aliphatic carbocycles. The van der Waals surface area contributed by atoms with Crippen molar-refractivity contribution in [3.05, 3.63) is 17.7 Å². The average Bonchev–Trinajstić information content (AvgIpc) is 2.68. The van der Waals surface area contributed by atoms with E-state index in [1.165, 1.54) is 57.1 Å². The van der Waals surface area contributed by atoms with E-state index in [4.69, 9.17) is 0 Å². The summed E-state index contributed by atoms with van der Waals surface area (Å²) in [6.45, 7) is 4.28. The molecule has 0 aliphatic heterocycles. The molecule has 0 aromatic carbocycles. The van der Waals surface area contributed by atoms with Gasteiger partial charge in [-0.2, -0.15) is 0 Å². The zero-order valence-corrected chi connectivity index (χ0v) is 10.9. The second kappa shape index (κ2) is 8.37. The van der Waals surface area contributed by atoms with Crippen LogP contribution in [0.25, 0.3) is 0 Å². The van der Waals surface area contributed by atoms with Crippen molar-refractivity contribution in [3.8, 4) is 0 Å². The molecule has 0 spiro atoms. The van der Waals surface area contributed by atoms with E-state index < -0.39 is 0 Å². The van der Waals surface area contributed by atoms with Crippen LogP contribution in [0.15, 0.2) is 6.20 Å². The number of nitrogens with zero attached hydrogens (tertiary/aromatic N) is 1. The van der Waals surface area contributed by atoms with Crippen LogP contribution < -0.4 is 0 Å². The van der Waals surface area contributed by atoms with Gasteiger partial charge in [-0.25, -0.2) is 4.98 Å². The Morgan fingerprint density at radius 1 is 1.00 bits per heavy atom. The lowest BCUT2D eigenvalue weighted by atomic mass is 10.1. The molecule has 2 heteroatoms. The van der Waals surface area contributed by atoms with Gasteiger partial charge >= 0.3 is 0 Å². The molecule has 1 heterocycles. The Morgan fingerprint density at radius 3 is 2.19 bits per heavy atom. The smallest absolute Gasteiger partial charge is 0.103 e. The highest BCUT2D eigenvalue weighted by molar-refractivity contribution is 4.99. The Morgan fingerprint density at radius 2 is 1.62 bits per heavy atom. The Balaban J connectivity index is 1.88. The maximum absolute atomic E-state index is 4.21. The lowest BCUT2D eigenvalue weighted by Gasteiger charge is -2.00. The van der Waals surface area contributed by atoms with Gasteiger partial charge in [-0.3, -0.25) is 0 Å². The molecule has 1 aromatic heterocycles. The number of unbranched alkanes of at least 4 members (excludes halogenated alkanes) is 7. The molecule has 0 aliphatic rings. The normalized spacial score (nSPS) is 10.9. The van der Waals surface area contributed by atoms with Gasteiger partial charge in [-0.1, -0.05) is 51.9 Å². The number of hydrogen-bond donors (Lipinski definition) is 1. The summed E-state index contributed by atoms with van der Waals surface area (Å²) >= 11 is 0. The number of rotatable bonds is 9. The molecule has 1 rings (SSSR count). The van der Waals surface area contributed by atoms with Crippen molar-refractivity contribution in [2.45, 2.75) is 71.6 Å². The molecule has 1 N–H and O–H groups in total. The topological polar surface area (TPSA) is 28.7 Å². The van der Waals surface area contributed by atoms with Crippen molar-refractivity contribution in [1.82, 2.24) is 9.97 Å². The number of aromatic amines is 1. The predicted molar refractivity (Wildman–Crippen MR) is 69.6 cm³/mol. The Hall–Kier alpha value is -0.790. The standard InChI is InChI=1S/C14H26N2/c1-3-4-5-6-7-8-9-10-11-14-12-15-13(2)16-14/h12H,3-11H2,1-2H3,(H,15,16). The van der Waals surface area contributed by atoms with Gasteiger partial charge in [0.05, 0.1) is 0 Å². The van der Waals surface area contributed by atoms with Crippen molar-refractivity contribution < 1.29 is 0 Å². The average molecular weight is 222 g/mol. The van der Waals surface area contributed by atoms with Crippen molar-refractivity contribution >= 4 is 0 Å². The summed E-state index contributed by atoms with van der Waals surface area (Å²) in [6, 6.07) is 0. The third-order valence-corrected chi connectivity index (χ3v) is 3.06. The van der Waals surface area contributed by atoms with Crippen LogP contribution in [-0.2, 0) is 6.42 Å². The quantitative estimate of drug-likeness (QED) is 0.616. The number of imidazole rings is 1. The molecule has 2 nitrogen and oxygen atoms in total. The maximum atomic E-state index is 4.21. The zero-order chi connectivity index (χ0) is 11.6. The number of H-pyrrole nitrogens is 1. The minimum Gasteiger partial charge on any atom is -0.346 e. The monoisotopic (exact) mass is 222 g/mol. The Bertz CT molecular complexity index is 265. The van der Waals surface area contributed by atoms with E-state index in [0.717, 1.165) is 12.2 Å². The van der Waals surface area contributed by atoms with Gasteiger partial charge in [0.15, 0.2) is 0 Å². The van der Waals surface area contributed by atoms with Gasteiger partial charge in [-0.15, -0.1) is 0 Å². The number of aromatic nitrogens is 2. The lowest BCUT2D eigenvalue weighted by molar-refractivity contribution is 0.574. The third kappa shape index (κ3) is 5.94. The summed E-state index contributed by atoms with van der Waals surface area (Å²) in [5.41, 5.74) is 1.29. The van der Waals surface area contributed by atoms with Gasteiger partial charge in [0, 0.05) is 11.9 Å². The van der Waals surface area contributed by atoms with Crippen molar-refractivity contribution in [2.75, 3.05) is 0 Å². The van der Waals surface area contributed by atoms with E-state index in [9.17, 15) is 0 Å². The lowest BCUT2D eigenvalue weighted by Crippen LogP contribution is -1.86. The molecule has 0 atom stereocenters. The summed E-state index contributed by atoms with van der Waals surface area (Å²) in [4.78, 5) is 7.49. The van der Waals surface area contributed by atoms with Crippen LogP contribution in [-0.4, -0.2) is 9.97 Å². The van der Waals surface area contributed by atoms with Gasteiger partial charge in [0.25, 0.3) is 0 Å². The van der Waals surface area contributed by atoms with E-state index in [1.54, 1.807) is 0 Å². The Kier molecular flexibility index (Phi) is 6.95. The van der Waals surface area contributed by atoms with Gasteiger partial charge < -0.3 is 4.98 Å². The second-order valence-corrected chi connectivity index (χ2v) is 4.72. The summed E-state index contributed by atoms with van der Waals surface area (Å²) in [5.74, 6) is 1.04. The molecule has 0 radical (unpaired) electrons. The van der Waals surface area contributed by atoms with E-state index in [0.29, 0.717) is 0 Å². The molecule has 1 aromatic rings. The van der Waals surface area contributed by atoms with E-state index in [2.05, 4.69) is 16.9 Å². The molecule has 0 saturated carbocycles. The number of nitrogens with one attached hydrogen (secondary N) is 1. The van der Waals surface area contributed by atoms with Crippen molar-refractivity contribution in [1.29, 1.82) is 0 Å². The van der Waals surface area contributed by atoms with Crippen LogP contribution in [0.5, 0.6) is 0 Å². The molecular weight excluding hydrogens is 196 g/mol. The van der Waals surface area contributed by atoms with Crippen LogP contribution in [0.4, 0.5) is 0 Å². The summed E-state index contributed by atoms with van der Waals surface area (Å²) in [6.07, 6.45) is 14.2. The summed E-state index contributed by atoms with van der Waals surface area (Å²) in [5, 5.41) is 0. The van der Waals surface area contributed by atoms with E-state index >= 15 is 0 Å². The first kappa shape index (κ1) is 13.3. The van der Waals surface area contributed by atoms with Gasteiger partial charge in [0.1, 0.15) is 5.82 Å². The largest absolute Gasteiger partial charge is 0.346 e. The minimum atomic E-state index is 1.04. The number of aryl methyl sites for hydroxylation is 2. The Labute approximate surface area is 99.9 Å². The minimum absolute atomic E-state index is 1.04. The van der Waals surface area contributed by atoms with Crippen LogP contribution in [0.2, 0.25) is 0 Å². The summed E-state index contributed by atoms with van der Waals surface area (Å²) in [7, 11) is 0. The number of hydrogen-bond acceptors (Lipinski definition) is 1. The van der Waals surface area contributed by atoms with Crippen LogP contribution >= 0.6 is 0 Å². The SMILES string of the molecule is CCCCCCCCCCc1cnc(C)[nH]1. The van der Waals surface area contributed by atoms with Gasteiger partial charge in [-0.05, 0) is 19.8 Å². The molecule has 0 amide bonds. The summed E-state index contributed by atoms with van der Waals surface area (Å²) < 4.78 is 0. The van der Waals surface area contributed by atoms with Crippen molar-refractivity contribution in [2.24, 2.45) is 0 Å². The predicted octanol–water partition coefficient (Wildman–Crippen LogP) is 4.40. The highest BCUT2D eigenvalue weighted by Crippen LogP contribution is 2.10. The van der Waals surface area contributed by atoms with Crippen LogP contribution in [0.1, 0.15) is 69.8 Å². The van der Waals surface area contributed by atoms with Gasteiger partial charge in [0.2, 0.25) is 0 Å². The first-order chi connectivity index (χ1) is 7.83. The fourth-order valence-electron chi connectivity index (χ4n) is 2.05. The van der Waals surface area contributed by atoms with Crippen LogP contribution in [0.3, 0.4) is 0 Å². The molecule has 0 fully saturated rings. The first-order valence-corrected chi connectivity index (χ1v) is 6.83. The molecular formula is C14H26N2. The highest BCUT2D eigenvalue weighted by Gasteiger charge is 1.96. The van der Waals surface area contributed by atoms with Crippen molar-refractivity contribution in [3.63, 3.8) is 0 Å². The molecule has 0 bridgehead atoms. The fourth-order valence-corrected chi connectivity index (χ4v) is 2.05. The zero-order valence-electron chi connectivity index (χ0n) is 10.9. The first-order valence-electron chi connectivity index (χ1n) is 6.83. The molecule has 16 heavy (non-hydrogen) atoms. The van der Waals surface area contributed by atoms with E-state index in [1.807, 2.05) is 13.1 Å². The maximum Gasteiger partial charge on any atom is 0.103 e. The molecule has 0 saturated heterocycles. The fraction of sp³-hybridized carbons (Fsp3) is 0.786. The second-order valence-electron chi connectivity index (χ2n) is 4.72.